The minimum atomic E-state index is -0.430. The summed E-state index contributed by atoms with van der Waals surface area (Å²) in [7, 11) is 0. The molecular formula is C16H13N3O3S. The molecule has 0 bridgehead atoms. The van der Waals surface area contributed by atoms with Crippen molar-refractivity contribution in [2.45, 2.75) is 13.5 Å². The number of aromatic nitrogens is 2. The van der Waals surface area contributed by atoms with E-state index in [-0.39, 0.29) is 11.2 Å². The van der Waals surface area contributed by atoms with Crippen LogP contribution < -0.4 is 5.56 Å². The summed E-state index contributed by atoms with van der Waals surface area (Å²) in [5, 5.41) is 13.4. The van der Waals surface area contributed by atoms with Crippen LogP contribution in [-0.2, 0) is 6.54 Å². The van der Waals surface area contributed by atoms with Crippen LogP contribution in [-0.4, -0.2) is 14.5 Å². The number of rotatable bonds is 4. The number of aryl methyl sites for hydroxylation is 1. The number of nitrogens with zero attached hydrogens (tertiary/aromatic N) is 3. The molecule has 6 nitrogen and oxygen atoms in total. The number of nitro benzene ring substituents is 1. The van der Waals surface area contributed by atoms with Crippen molar-refractivity contribution >= 4 is 17.0 Å². The number of non-ortho nitro benzene ring substituents is 1. The first-order valence-electron chi connectivity index (χ1n) is 6.89. The van der Waals surface area contributed by atoms with Crippen LogP contribution in [0.4, 0.5) is 5.69 Å². The molecule has 0 aliphatic heterocycles. The zero-order chi connectivity index (χ0) is 16.4. The zero-order valence-corrected chi connectivity index (χ0v) is 13.1. The van der Waals surface area contributed by atoms with Gasteiger partial charge < -0.3 is 4.57 Å². The highest BCUT2D eigenvalue weighted by Gasteiger charge is 2.09. The average molecular weight is 327 g/mol. The van der Waals surface area contributed by atoms with Crippen LogP contribution in [0.2, 0.25) is 0 Å². The van der Waals surface area contributed by atoms with Gasteiger partial charge in [-0.1, -0.05) is 0 Å². The number of pyridine rings is 1. The summed E-state index contributed by atoms with van der Waals surface area (Å²) < 4.78 is 1.60. The van der Waals surface area contributed by atoms with Gasteiger partial charge in [0.15, 0.2) is 0 Å². The van der Waals surface area contributed by atoms with Crippen molar-refractivity contribution in [2.75, 3.05) is 0 Å². The molecule has 0 atom stereocenters. The monoisotopic (exact) mass is 327 g/mol. The minimum absolute atomic E-state index is 0.0513. The number of thiazole rings is 1. The van der Waals surface area contributed by atoms with E-state index in [0.717, 1.165) is 21.8 Å². The molecule has 0 saturated carbocycles. The summed E-state index contributed by atoms with van der Waals surface area (Å²) >= 11 is 1.46. The topological polar surface area (TPSA) is 78.0 Å². The highest BCUT2D eigenvalue weighted by atomic mass is 32.1. The molecule has 0 aliphatic rings. The number of hydrogen-bond acceptors (Lipinski definition) is 5. The van der Waals surface area contributed by atoms with Crippen molar-refractivity contribution < 1.29 is 4.92 Å². The Balaban J connectivity index is 1.82. The molecule has 23 heavy (non-hydrogen) atoms. The first-order chi connectivity index (χ1) is 11.0. The lowest BCUT2D eigenvalue weighted by Gasteiger charge is -2.02. The second-order valence-corrected chi connectivity index (χ2v) is 6.04. The highest BCUT2D eigenvalue weighted by Crippen LogP contribution is 2.24. The first kappa shape index (κ1) is 15.1. The lowest BCUT2D eigenvalue weighted by molar-refractivity contribution is -0.384. The largest absolute Gasteiger partial charge is 0.309 e. The fourth-order valence-corrected chi connectivity index (χ4v) is 2.95. The van der Waals surface area contributed by atoms with Gasteiger partial charge in [-0.2, -0.15) is 0 Å². The van der Waals surface area contributed by atoms with E-state index < -0.39 is 4.92 Å². The molecule has 0 spiro atoms. The Morgan fingerprint density at radius 1 is 1.26 bits per heavy atom. The quantitative estimate of drug-likeness (QED) is 0.544. The van der Waals surface area contributed by atoms with Crippen molar-refractivity contribution in [3.63, 3.8) is 0 Å². The third kappa shape index (κ3) is 3.35. The summed E-state index contributed by atoms with van der Waals surface area (Å²) in [4.78, 5) is 26.6. The van der Waals surface area contributed by atoms with Gasteiger partial charge in [-0.3, -0.25) is 14.9 Å². The van der Waals surface area contributed by atoms with Gasteiger partial charge in [0.05, 0.1) is 17.2 Å². The van der Waals surface area contributed by atoms with Gasteiger partial charge in [0.25, 0.3) is 11.2 Å². The van der Waals surface area contributed by atoms with Crippen molar-refractivity contribution in [1.29, 1.82) is 0 Å². The van der Waals surface area contributed by atoms with Crippen LogP contribution in [0.1, 0.15) is 10.6 Å². The molecule has 0 amide bonds. The highest BCUT2D eigenvalue weighted by molar-refractivity contribution is 7.09. The summed E-state index contributed by atoms with van der Waals surface area (Å²) in [5.41, 5.74) is 2.49. The summed E-state index contributed by atoms with van der Waals surface area (Å²) in [6.07, 6.45) is 1.75. The Morgan fingerprint density at radius 3 is 2.65 bits per heavy atom. The van der Waals surface area contributed by atoms with E-state index >= 15 is 0 Å². The second-order valence-electron chi connectivity index (χ2n) is 5.10. The van der Waals surface area contributed by atoms with E-state index in [0.29, 0.717) is 6.54 Å². The SMILES string of the molecule is Cc1ccn(Cc2nc(-c3ccc([N+](=O)[O-])cc3)cs2)c(=O)c1. The number of nitro groups is 1. The minimum Gasteiger partial charge on any atom is -0.309 e. The Hall–Kier alpha value is -2.80. The summed E-state index contributed by atoms with van der Waals surface area (Å²) in [6, 6.07) is 9.73. The van der Waals surface area contributed by atoms with Gasteiger partial charge in [0, 0.05) is 35.3 Å². The Kier molecular flexibility index (Phi) is 4.03. The van der Waals surface area contributed by atoms with E-state index in [1.54, 1.807) is 29.0 Å². The van der Waals surface area contributed by atoms with E-state index in [9.17, 15) is 14.9 Å². The van der Waals surface area contributed by atoms with Crippen molar-refractivity contribution in [2.24, 2.45) is 0 Å². The lowest BCUT2D eigenvalue weighted by Crippen LogP contribution is -2.19. The maximum absolute atomic E-state index is 11.9. The maximum atomic E-state index is 11.9. The van der Waals surface area contributed by atoms with Crippen LogP contribution in [0.3, 0.4) is 0 Å². The third-order valence-corrected chi connectivity index (χ3v) is 4.22. The second kappa shape index (κ2) is 6.13. The molecule has 0 radical (unpaired) electrons. The van der Waals surface area contributed by atoms with Crippen molar-refractivity contribution in [1.82, 2.24) is 9.55 Å². The molecule has 1 aromatic carbocycles. The third-order valence-electron chi connectivity index (χ3n) is 3.38. The molecule has 0 aliphatic carbocycles. The molecule has 2 aromatic heterocycles. The predicted molar refractivity (Wildman–Crippen MR) is 88.7 cm³/mol. The van der Waals surface area contributed by atoms with Crippen molar-refractivity contribution in [3.8, 4) is 11.3 Å². The summed E-state index contributed by atoms with van der Waals surface area (Å²) in [5.74, 6) is 0. The standard InChI is InChI=1S/C16H13N3O3S/c1-11-6-7-18(16(20)8-11)9-15-17-14(10-23-15)12-2-4-13(5-3-12)19(21)22/h2-8,10H,9H2,1H3. The van der Waals surface area contributed by atoms with E-state index in [4.69, 9.17) is 0 Å². The van der Waals surface area contributed by atoms with Gasteiger partial charge >= 0.3 is 0 Å². The van der Waals surface area contributed by atoms with Crippen LogP contribution in [0, 0.1) is 17.0 Å². The predicted octanol–water partition coefficient (Wildman–Crippen LogP) is 3.24. The van der Waals surface area contributed by atoms with E-state index in [2.05, 4.69) is 4.98 Å². The molecule has 7 heteroatoms. The smallest absolute Gasteiger partial charge is 0.269 e. The van der Waals surface area contributed by atoms with Gasteiger partial charge in [0.1, 0.15) is 5.01 Å². The van der Waals surface area contributed by atoms with Gasteiger partial charge in [-0.05, 0) is 30.7 Å². The molecule has 0 N–H and O–H groups in total. The molecule has 3 rings (SSSR count). The fraction of sp³-hybridized carbons (Fsp3) is 0.125. The molecule has 0 fully saturated rings. The molecular weight excluding hydrogens is 314 g/mol. The fourth-order valence-electron chi connectivity index (χ4n) is 2.15. The molecule has 2 heterocycles. The zero-order valence-electron chi connectivity index (χ0n) is 12.3. The summed E-state index contributed by atoms with van der Waals surface area (Å²) in [6.45, 7) is 2.29. The van der Waals surface area contributed by atoms with E-state index in [1.165, 1.54) is 23.5 Å². The normalized spacial score (nSPS) is 10.7. The van der Waals surface area contributed by atoms with E-state index in [1.807, 2.05) is 18.4 Å². The molecule has 0 unspecified atom stereocenters. The first-order valence-corrected chi connectivity index (χ1v) is 7.77. The van der Waals surface area contributed by atoms with Crippen LogP contribution in [0.5, 0.6) is 0 Å². The molecule has 0 saturated heterocycles. The van der Waals surface area contributed by atoms with Crippen LogP contribution >= 0.6 is 11.3 Å². The van der Waals surface area contributed by atoms with Crippen LogP contribution in [0.25, 0.3) is 11.3 Å². The van der Waals surface area contributed by atoms with Gasteiger partial charge in [-0.25, -0.2) is 4.98 Å². The Morgan fingerprint density at radius 2 is 2.00 bits per heavy atom. The number of benzene rings is 1. The van der Waals surface area contributed by atoms with Crippen LogP contribution in [0.15, 0.2) is 52.8 Å². The number of hydrogen-bond donors (Lipinski definition) is 0. The maximum Gasteiger partial charge on any atom is 0.269 e. The van der Waals surface area contributed by atoms with Gasteiger partial charge in [0.2, 0.25) is 0 Å². The molecule has 3 aromatic rings. The average Bonchev–Trinajstić information content (AvgIpc) is 2.99. The lowest BCUT2D eigenvalue weighted by atomic mass is 10.1. The molecule has 116 valence electrons. The Labute approximate surface area is 135 Å². The van der Waals surface area contributed by atoms with Crippen molar-refractivity contribution in [3.05, 3.63) is 79.0 Å². The Bertz CT molecular complexity index is 913. The van der Waals surface area contributed by atoms with Gasteiger partial charge in [-0.15, -0.1) is 11.3 Å².